The standard InChI is InChI=1S/C10H18N4O2S2/c1-7(2)8-3-5-14(6-4-8)18(15,16)10-13-12-9(11)17-10/h7-8H,3-6H2,1-2H3,(H2,11,12). The normalized spacial score (nSPS) is 19.5. The van der Waals surface area contributed by atoms with E-state index >= 15 is 0 Å². The fourth-order valence-electron chi connectivity index (χ4n) is 2.22. The van der Waals surface area contributed by atoms with Gasteiger partial charge in [-0.3, -0.25) is 0 Å². The summed E-state index contributed by atoms with van der Waals surface area (Å²) in [5.74, 6) is 1.21. The molecule has 0 amide bonds. The molecular formula is C10H18N4O2S2. The van der Waals surface area contributed by atoms with Crippen molar-refractivity contribution in [2.75, 3.05) is 18.8 Å². The minimum absolute atomic E-state index is 0.00277. The Morgan fingerprint density at radius 1 is 1.33 bits per heavy atom. The summed E-state index contributed by atoms with van der Waals surface area (Å²) in [5, 5.41) is 7.38. The van der Waals surface area contributed by atoms with Gasteiger partial charge in [0.2, 0.25) is 9.47 Å². The lowest BCUT2D eigenvalue weighted by atomic mass is 9.87. The van der Waals surface area contributed by atoms with Gasteiger partial charge in [-0.25, -0.2) is 8.42 Å². The minimum atomic E-state index is -3.49. The molecule has 1 saturated heterocycles. The van der Waals surface area contributed by atoms with Crippen LogP contribution in [0.25, 0.3) is 0 Å². The Kier molecular flexibility index (Phi) is 3.88. The van der Waals surface area contributed by atoms with Crippen molar-refractivity contribution in [1.29, 1.82) is 0 Å². The lowest BCUT2D eigenvalue weighted by molar-refractivity contribution is 0.226. The second kappa shape index (κ2) is 5.10. The lowest BCUT2D eigenvalue weighted by Gasteiger charge is -2.32. The van der Waals surface area contributed by atoms with Gasteiger partial charge >= 0.3 is 0 Å². The molecule has 0 aromatic carbocycles. The molecule has 0 bridgehead atoms. The van der Waals surface area contributed by atoms with Gasteiger partial charge < -0.3 is 5.73 Å². The summed E-state index contributed by atoms with van der Waals surface area (Å²) in [6, 6.07) is 0. The Hall–Kier alpha value is -0.730. The second-order valence-corrected chi connectivity index (χ2v) is 8.01. The molecule has 1 fully saturated rings. The average molecular weight is 290 g/mol. The van der Waals surface area contributed by atoms with Crippen LogP contribution in [0.2, 0.25) is 0 Å². The third-order valence-corrected chi connectivity index (χ3v) is 6.42. The number of rotatable bonds is 3. The van der Waals surface area contributed by atoms with Gasteiger partial charge in [-0.2, -0.15) is 4.31 Å². The van der Waals surface area contributed by atoms with Gasteiger partial charge in [0.1, 0.15) is 0 Å². The van der Waals surface area contributed by atoms with Crippen molar-refractivity contribution < 1.29 is 8.42 Å². The maximum Gasteiger partial charge on any atom is 0.272 e. The van der Waals surface area contributed by atoms with Gasteiger partial charge in [-0.15, -0.1) is 10.2 Å². The van der Waals surface area contributed by atoms with Gasteiger partial charge in [0.25, 0.3) is 10.0 Å². The Morgan fingerprint density at radius 3 is 2.39 bits per heavy atom. The first kappa shape index (κ1) is 13.7. The van der Waals surface area contributed by atoms with E-state index in [0.717, 1.165) is 24.2 Å². The molecule has 1 aromatic heterocycles. The van der Waals surface area contributed by atoms with Crippen LogP contribution in [0.3, 0.4) is 0 Å². The van der Waals surface area contributed by atoms with Crippen molar-refractivity contribution in [2.24, 2.45) is 11.8 Å². The molecule has 0 aliphatic carbocycles. The molecule has 1 aliphatic rings. The molecule has 8 heteroatoms. The number of nitrogen functional groups attached to an aromatic ring is 1. The van der Waals surface area contributed by atoms with Gasteiger partial charge in [-0.05, 0) is 24.7 Å². The van der Waals surface area contributed by atoms with E-state index in [9.17, 15) is 8.42 Å². The summed E-state index contributed by atoms with van der Waals surface area (Å²) in [5.41, 5.74) is 5.43. The molecule has 2 N–H and O–H groups in total. The van der Waals surface area contributed by atoms with Gasteiger partial charge in [0.05, 0.1) is 0 Å². The molecule has 2 heterocycles. The predicted octanol–water partition coefficient (Wildman–Crippen LogP) is 1.18. The maximum absolute atomic E-state index is 12.3. The maximum atomic E-state index is 12.3. The van der Waals surface area contributed by atoms with Crippen molar-refractivity contribution in [3.05, 3.63) is 0 Å². The first-order chi connectivity index (χ1) is 8.41. The van der Waals surface area contributed by atoms with E-state index in [1.165, 1.54) is 4.31 Å². The van der Waals surface area contributed by atoms with Crippen molar-refractivity contribution in [3.8, 4) is 0 Å². The molecule has 0 radical (unpaired) electrons. The van der Waals surface area contributed by atoms with Gasteiger partial charge in [0.15, 0.2) is 0 Å². The van der Waals surface area contributed by atoms with E-state index in [1.54, 1.807) is 0 Å². The highest BCUT2D eigenvalue weighted by Crippen LogP contribution is 2.29. The first-order valence-corrected chi connectivity index (χ1v) is 8.26. The van der Waals surface area contributed by atoms with Crippen molar-refractivity contribution in [1.82, 2.24) is 14.5 Å². The molecule has 0 unspecified atom stereocenters. The van der Waals surface area contributed by atoms with Crippen LogP contribution >= 0.6 is 11.3 Å². The molecule has 0 atom stereocenters. The summed E-state index contributed by atoms with van der Waals surface area (Å²) in [6.07, 6.45) is 1.82. The molecule has 18 heavy (non-hydrogen) atoms. The Morgan fingerprint density at radius 2 is 1.94 bits per heavy atom. The fourth-order valence-corrected chi connectivity index (χ4v) is 4.61. The SMILES string of the molecule is CC(C)C1CCN(S(=O)(=O)c2nnc(N)s2)CC1. The zero-order chi connectivity index (χ0) is 13.3. The van der Waals surface area contributed by atoms with Crippen LogP contribution in [0, 0.1) is 11.8 Å². The number of anilines is 1. The molecule has 1 aliphatic heterocycles. The summed E-state index contributed by atoms with van der Waals surface area (Å²) in [4.78, 5) is 0. The van der Waals surface area contributed by atoms with Crippen LogP contribution in [-0.2, 0) is 10.0 Å². The summed E-state index contributed by atoms with van der Waals surface area (Å²) in [6.45, 7) is 5.48. The summed E-state index contributed by atoms with van der Waals surface area (Å²) < 4.78 is 26.0. The zero-order valence-corrected chi connectivity index (χ0v) is 12.2. The molecule has 0 saturated carbocycles. The number of nitrogens with two attached hydrogens (primary N) is 1. The largest absolute Gasteiger partial charge is 0.374 e. The van der Waals surface area contributed by atoms with Crippen LogP contribution in [0.1, 0.15) is 26.7 Å². The van der Waals surface area contributed by atoms with Crippen molar-refractivity contribution >= 4 is 26.5 Å². The lowest BCUT2D eigenvalue weighted by Crippen LogP contribution is -2.39. The molecular weight excluding hydrogens is 272 g/mol. The highest BCUT2D eigenvalue weighted by atomic mass is 32.2. The second-order valence-electron chi connectivity index (χ2n) is 4.89. The third kappa shape index (κ3) is 2.65. The third-order valence-electron chi connectivity index (χ3n) is 3.42. The Labute approximate surface area is 111 Å². The smallest absolute Gasteiger partial charge is 0.272 e. The van der Waals surface area contributed by atoms with E-state index in [1.807, 2.05) is 0 Å². The average Bonchev–Trinajstić information content (AvgIpc) is 2.76. The minimum Gasteiger partial charge on any atom is -0.374 e. The van der Waals surface area contributed by atoms with Gasteiger partial charge in [-0.1, -0.05) is 25.2 Å². The van der Waals surface area contributed by atoms with E-state index in [0.29, 0.717) is 24.9 Å². The Bertz CT molecular complexity index is 504. The van der Waals surface area contributed by atoms with Crippen LogP contribution in [0.5, 0.6) is 0 Å². The highest BCUT2D eigenvalue weighted by Gasteiger charge is 2.32. The van der Waals surface area contributed by atoms with Crippen LogP contribution < -0.4 is 5.73 Å². The molecule has 6 nitrogen and oxygen atoms in total. The number of hydrogen-bond acceptors (Lipinski definition) is 6. The first-order valence-electron chi connectivity index (χ1n) is 6.00. The number of sulfonamides is 1. The molecule has 0 spiro atoms. The topological polar surface area (TPSA) is 89.2 Å². The number of aromatic nitrogens is 2. The quantitative estimate of drug-likeness (QED) is 0.902. The highest BCUT2D eigenvalue weighted by molar-refractivity contribution is 7.91. The van der Waals surface area contributed by atoms with Crippen LogP contribution in [0.4, 0.5) is 5.13 Å². The molecule has 2 rings (SSSR count). The van der Waals surface area contributed by atoms with E-state index in [2.05, 4.69) is 24.0 Å². The van der Waals surface area contributed by atoms with Crippen LogP contribution in [0.15, 0.2) is 4.34 Å². The number of nitrogens with zero attached hydrogens (tertiary/aromatic N) is 3. The number of piperidine rings is 1. The van der Waals surface area contributed by atoms with E-state index in [4.69, 9.17) is 5.73 Å². The zero-order valence-electron chi connectivity index (χ0n) is 10.5. The summed E-state index contributed by atoms with van der Waals surface area (Å²) >= 11 is 0.921. The molecule has 1 aromatic rings. The van der Waals surface area contributed by atoms with Crippen LogP contribution in [-0.4, -0.2) is 36.0 Å². The Balaban J connectivity index is 2.09. The summed E-state index contributed by atoms with van der Waals surface area (Å²) in [7, 11) is -3.49. The fraction of sp³-hybridized carbons (Fsp3) is 0.800. The monoisotopic (exact) mass is 290 g/mol. The van der Waals surface area contributed by atoms with Gasteiger partial charge in [0, 0.05) is 13.1 Å². The van der Waals surface area contributed by atoms with Crippen molar-refractivity contribution in [3.63, 3.8) is 0 Å². The van der Waals surface area contributed by atoms with E-state index < -0.39 is 10.0 Å². The van der Waals surface area contributed by atoms with Crippen molar-refractivity contribution in [2.45, 2.75) is 31.0 Å². The predicted molar refractivity (Wildman–Crippen MR) is 70.6 cm³/mol. The number of hydrogen-bond donors (Lipinski definition) is 1. The molecule has 102 valence electrons. The van der Waals surface area contributed by atoms with E-state index in [-0.39, 0.29) is 9.47 Å².